The highest BCUT2D eigenvalue weighted by molar-refractivity contribution is 7.15. The molecule has 1 saturated heterocycles. The van der Waals surface area contributed by atoms with Crippen molar-refractivity contribution >= 4 is 16.5 Å². The Morgan fingerprint density at radius 1 is 1.38 bits per heavy atom. The van der Waals surface area contributed by atoms with E-state index in [1.165, 1.54) is 0 Å². The maximum Gasteiger partial charge on any atom is 0.205 e. The van der Waals surface area contributed by atoms with Crippen molar-refractivity contribution in [2.24, 2.45) is 0 Å². The molecular weight excluding hydrogens is 224 g/mol. The molecule has 1 aromatic rings. The first-order valence-electron chi connectivity index (χ1n) is 5.75. The number of ether oxygens (including phenoxy) is 1. The zero-order valence-electron chi connectivity index (χ0n) is 9.61. The summed E-state index contributed by atoms with van der Waals surface area (Å²) in [6, 6.07) is 0. The van der Waals surface area contributed by atoms with E-state index in [0.717, 1.165) is 56.0 Å². The predicted octanol–water partition coefficient (Wildman–Crippen LogP) is 1.19. The Morgan fingerprint density at radius 2 is 2.31 bits per heavy atom. The molecule has 0 atom stereocenters. The molecule has 90 valence electrons. The van der Waals surface area contributed by atoms with Crippen molar-refractivity contribution in [3.63, 3.8) is 0 Å². The lowest BCUT2D eigenvalue weighted by atomic mass is 10.4. The Balaban J connectivity index is 1.86. The summed E-state index contributed by atoms with van der Waals surface area (Å²) in [4.78, 5) is 2.38. The van der Waals surface area contributed by atoms with Crippen molar-refractivity contribution in [1.82, 2.24) is 15.1 Å². The molecule has 0 spiro atoms. The summed E-state index contributed by atoms with van der Waals surface area (Å²) in [5, 5.41) is 13.5. The Bertz CT molecular complexity index is 310. The van der Waals surface area contributed by atoms with Crippen LogP contribution < -0.4 is 5.32 Å². The molecule has 1 aliphatic heterocycles. The predicted molar refractivity (Wildman–Crippen MR) is 64.8 cm³/mol. The van der Waals surface area contributed by atoms with E-state index in [2.05, 4.69) is 27.3 Å². The second-order valence-electron chi connectivity index (χ2n) is 3.77. The second-order valence-corrected chi connectivity index (χ2v) is 4.84. The van der Waals surface area contributed by atoms with Gasteiger partial charge in [0.1, 0.15) is 5.01 Å². The lowest BCUT2D eigenvalue weighted by Gasteiger charge is -2.16. The Morgan fingerprint density at radius 3 is 3.19 bits per heavy atom. The average Bonchev–Trinajstić information content (AvgIpc) is 2.56. The van der Waals surface area contributed by atoms with Crippen LogP contribution in [0.15, 0.2) is 0 Å². The van der Waals surface area contributed by atoms with Gasteiger partial charge in [-0.3, -0.25) is 4.90 Å². The van der Waals surface area contributed by atoms with Crippen LogP contribution in [0.4, 0.5) is 5.13 Å². The van der Waals surface area contributed by atoms with Gasteiger partial charge in [0.15, 0.2) is 0 Å². The highest BCUT2D eigenvalue weighted by atomic mass is 32.1. The van der Waals surface area contributed by atoms with Gasteiger partial charge in [0, 0.05) is 26.2 Å². The van der Waals surface area contributed by atoms with Crippen molar-refractivity contribution in [1.29, 1.82) is 0 Å². The maximum absolute atomic E-state index is 5.42. The van der Waals surface area contributed by atoms with Gasteiger partial charge in [0.05, 0.1) is 13.2 Å². The highest BCUT2D eigenvalue weighted by Gasteiger charge is 2.12. The average molecular weight is 242 g/mol. The van der Waals surface area contributed by atoms with Gasteiger partial charge < -0.3 is 10.1 Å². The van der Waals surface area contributed by atoms with E-state index in [1.54, 1.807) is 11.3 Å². The van der Waals surface area contributed by atoms with Crippen LogP contribution in [-0.4, -0.2) is 47.9 Å². The molecule has 0 aromatic carbocycles. The number of rotatable bonds is 4. The van der Waals surface area contributed by atoms with Crippen LogP contribution in [0.2, 0.25) is 0 Å². The lowest BCUT2D eigenvalue weighted by Crippen LogP contribution is -2.25. The van der Waals surface area contributed by atoms with E-state index in [4.69, 9.17) is 4.74 Å². The number of nitrogens with one attached hydrogen (secondary N) is 1. The molecule has 0 aliphatic carbocycles. The molecule has 1 fully saturated rings. The van der Waals surface area contributed by atoms with Crippen LogP contribution in [0.5, 0.6) is 0 Å². The number of hydrogen-bond donors (Lipinski definition) is 1. The fourth-order valence-electron chi connectivity index (χ4n) is 1.69. The van der Waals surface area contributed by atoms with Crippen molar-refractivity contribution in [3.05, 3.63) is 5.01 Å². The second kappa shape index (κ2) is 6.12. The number of aromatic nitrogens is 2. The lowest BCUT2D eigenvalue weighted by molar-refractivity contribution is 0.140. The zero-order valence-corrected chi connectivity index (χ0v) is 10.4. The number of nitrogens with zero attached hydrogens (tertiary/aromatic N) is 3. The van der Waals surface area contributed by atoms with E-state index < -0.39 is 0 Å². The molecule has 5 nitrogen and oxygen atoms in total. The normalized spacial score (nSPS) is 18.3. The van der Waals surface area contributed by atoms with Crippen LogP contribution in [0.3, 0.4) is 0 Å². The molecule has 0 unspecified atom stereocenters. The van der Waals surface area contributed by atoms with E-state index in [1.807, 2.05) is 0 Å². The molecule has 0 radical (unpaired) electrons. The van der Waals surface area contributed by atoms with Crippen molar-refractivity contribution in [2.75, 3.05) is 38.2 Å². The summed E-state index contributed by atoms with van der Waals surface area (Å²) in [5.41, 5.74) is 0. The zero-order chi connectivity index (χ0) is 11.2. The molecule has 1 N–H and O–H groups in total. The van der Waals surface area contributed by atoms with Crippen LogP contribution in [-0.2, 0) is 11.3 Å². The largest absolute Gasteiger partial charge is 0.380 e. The van der Waals surface area contributed by atoms with Crippen molar-refractivity contribution < 1.29 is 4.74 Å². The first-order valence-corrected chi connectivity index (χ1v) is 6.56. The SMILES string of the molecule is CCNc1nnc(CN2CCCOCC2)s1. The van der Waals surface area contributed by atoms with Crippen LogP contribution in [0.1, 0.15) is 18.4 Å². The van der Waals surface area contributed by atoms with Crippen molar-refractivity contribution in [3.8, 4) is 0 Å². The first-order chi connectivity index (χ1) is 7.88. The topological polar surface area (TPSA) is 50.3 Å². The molecule has 16 heavy (non-hydrogen) atoms. The standard InChI is InChI=1S/C10H18N4OS/c1-2-11-10-13-12-9(16-10)8-14-4-3-6-15-7-5-14/h2-8H2,1H3,(H,11,13). The van der Waals surface area contributed by atoms with Gasteiger partial charge in [-0.1, -0.05) is 11.3 Å². The third-order valence-electron chi connectivity index (χ3n) is 2.47. The smallest absolute Gasteiger partial charge is 0.205 e. The summed E-state index contributed by atoms with van der Waals surface area (Å²) in [6.45, 7) is 7.66. The van der Waals surface area contributed by atoms with E-state index in [9.17, 15) is 0 Å². The third-order valence-corrected chi connectivity index (χ3v) is 3.33. The quantitative estimate of drug-likeness (QED) is 0.859. The molecular formula is C10H18N4OS. The minimum Gasteiger partial charge on any atom is -0.380 e. The van der Waals surface area contributed by atoms with Gasteiger partial charge >= 0.3 is 0 Å². The van der Waals surface area contributed by atoms with Gasteiger partial charge in [-0.25, -0.2) is 0 Å². The molecule has 2 rings (SSSR count). The molecule has 0 amide bonds. The van der Waals surface area contributed by atoms with Gasteiger partial charge in [-0.05, 0) is 13.3 Å². The fourth-order valence-corrected chi connectivity index (χ4v) is 2.54. The summed E-state index contributed by atoms with van der Waals surface area (Å²) >= 11 is 1.64. The fraction of sp³-hybridized carbons (Fsp3) is 0.800. The summed E-state index contributed by atoms with van der Waals surface area (Å²) in [7, 11) is 0. The third kappa shape index (κ3) is 3.40. The van der Waals surface area contributed by atoms with E-state index in [-0.39, 0.29) is 0 Å². The molecule has 6 heteroatoms. The summed E-state index contributed by atoms with van der Waals surface area (Å²) in [5.74, 6) is 0. The molecule has 2 heterocycles. The molecule has 1 aliphatic rings. The van der Waals surface area contributed by atoms with Gasteiger partial charge in [0.2, 0.25) is 5.13 Å². The molecule has 0 saturated carbocycles. The Kier molecular flexibility index (Phi) is 4.50. The molecule has 0 bridgehead atoms. The van der Waals surface area contributed by atoms with Crippen LogP contribution in [0.25, 0.3) is 0 Å². The van der Waals surface area contributed by atoms with Crippen LogP contribution in [0, 0.1) is 0 Å². The Labute approximate surface area is 99.8 Å². The summed E-state index contributed by atoms with van der Waals surface area (Å²) < 4.78 is 5.42. The number of anilines is 1. The highest BCUT2D eigenvalue weighted by Crippen LogP contribution is 2.17. The maximum atomic E-state index is 5.42. The van der Waals surface area contributed by atoms with Gasteiger partial charge in [-0.2, -0.15) is 0 Å². The Hall–Kier alpha value is -0.720. The van der Waals surface area contributed by atoms with E-state index >= 15 is 0 Å². The van der Waals surface area contributed by atoms with Crippen molar-refractivity contribution in [2.45, 2.75) is 19.9 Å². The minimum atomic E-state index is 0.832. The van der Waals surface area contributed by atoms with Gasteiger partial charge in [-0.15, -0.1) is 10.2 Å². The number of hydrogen-bond acceptors (Lipinski definition) is 6. The van der Waals surface area contributed by atoms with E-state index in [0.29, 0.717) is 0 Å². The monoisotopic (exact) mass is 242 g/mol. The van der Waals surface area contributed by atoms with Gasteiger partial charge in [0.25, 0.3) is 0 Å². The minimum absolute atomic E-state index is 0.832. The molecule has 1 aromatic heterocycles. The van der Waals surface area contributed by atoms with Crippen LogP contribution >= 0.6 is 11.3 Å². The first kappa shape index (κ1) is 11.8. The summed E-state index contributed by atoms with van der Waals surface area (Å²) in [6.07, 6.45) is 1.11.